The van der Waals surface area contributed by atoms with E-state index in [0.29, 0.717) is 0 Å². The number of anilines is 1. The normalized spacial score (nSPS) is 14.1. The van der Waals surface area contributed by atoms with Crippen LogP contribution in [0.1, 0.15) is 17.8 Å². The standard InChI is InChI=1S/C12H14N4/c1-8-4-5-10(13)9(7-8)12-15-14-11-3-2-6-16(11)12/h4-5,7H,2-3,6,13H2,1H3. The van der Waals surface area contributed by atoms with E-state index in [1.807, 2.05) is 12.1 Å². The van der Waals surface area contributed by atoms with Gasteiger partial charge in [0.25, 0.3) is 0 Å². The molecule has 0 atom stereocenters. The molecule has 0 fully saturated rings. The first kappa shape index (κ1) is 9.39. The summed E-state index contributed by atoms with van der Waals surface area (Å²) in [6.45, 7) is 3.06. The molecule has 0 aliphatic carbocycles. The Balaban J connectivity index is 2.18. The quantitative estimate of drug-likeness (QED) is 0.736. The lowest BCUT2D eigenvalue weighted by Crippen LogP contribution is -1.99. The molecule has 2 aromatic rings. The molecule has 82 valence electrons. The average Bonchev–Trinajstić information content (AvgIpc) is 2.83. The Morgan fingerprint density at radius 1 is 1.31 bits per heavy atom. The zero-order valence-corrected chi connectivity index (χ0v) is 9.27. The van der Waals surface area contributed by atoms with Gasteiger partial charge in [0.2, 0.25) is 0 Å². The molecule has 4 nitrogen and oxygen atoms in total. The SMILES string of the molecule is Cc1ccc(N)c(-c2nnc3n2CCC3)c1. The van der Waals surface area contributed by atoms with Gasteiger partial charge >= 0.3 is 0 Å². The summed E-state index contributed by atoms with van der Waals surface area (Å²) in [5, 5.41) is 8.44. The number of benzene rings is 1. The van der Waals surface area contributed by atoms with E-state index in [1.165, 1.54) is 5.56 Å². The van der Waals surface area contributed by atoms with Crippen LogP contribution in [0.15, 0.2) is 18.2 Å². The van der Waals surface area contributed by atoms with Crippen LogP contribution in [0.4, 0.5) is 5.69 Å². The number of fused-ring (bicyclic) bond motifs is 1. The number of hydrogen-bond donors (Lipinski definition) is 1. The van der Waals surface area contributed by atoms with Crippen molar-refractivity contribution < 1.29 is 0 Å². The summed E-state index contributed by atoms with van der Waals surface area (Å²) in [6, 6.07) is 6.02. The number of hydrogen-bond acceptors (Lipinski definition) is 3. The molecule has 0 radical (unpaired) electrons. The summed E-state index contributed by atoms with van der Waals surface area (Å²) < 4.78 is 2.17. The minimum atomic E-state index is 0.771. The summed E-state index contributed by atoms with van der Waals surface area (Å²) in [4.78, 5) is 0. The number of rotatable bonds is 1. The van der Waals surface area contributed by atoms with Crippen LogP contribution in [-0.2, 0) is 13.0 Å². The Hall–Kier alpha value is -1.84. The van der Waals surface area contributed by atoms with Crippen molar-refractivity contribution in [2.75, 3.05) is 5.73 Å². The van der Waals surface area contributed by atoms with Crippen LogP contribution in [0, 0.1) is 6.92 Å². The van der Waals surface area contributed by atoms with Crippen LogP contribution in [0.25, 0.3) is 11.4 Å². The molecule has 1 aliphatic heterocycles. The molecule has 2 N–H and O–H groups in total. The Kier molecular flexibility index (Phi) is 1.96. The van der Waals surface area contributed by atoms with E-state index in [-0.39, 0.29) is 0 Å². The molecule has 1 aliphatic rings. The molecular weight excluding hydrogens is 200 g/mol. The van der Waals surface area contributed by atoms with Crippen molar-refractivity contribution >= 4 is 5.69 Å². The van der Waals surface area contributed by atoms with Gasteiger partial charge in [-0.05, 0) is 25.5 Å². The third-order valence-corrected chi connectivity index (χ3v) is 3.06. The van der Waals surface area contributed by atoms with Gasteiger partial charge in [0.05, 0.1) is 0 Å². The highest BCUT2D eigenvalue weighted by molar-refractivity contribution is 5.72. The van der Waals surface area contributed by atoms with Crippen molar-refractivity contribution in [1.29, 1.82) is 0 Å². The number of nitrogen functional groups attached to an aromatic ring is 1. The van der Waals surface area contributed by atoms with E-state index in [2.05, 4.69) is 27.8 Å². The first-order valence-electron chi connectivity index (χ1n) is 5.54. The number of aryl methyl sites for hydroxylation is 2. The highest BCUT2D eigenvalue weighted by Crippen LogP contribution is 2.28. The van der Waals surface area contributed by atoms with E-state index in [4.69, 9.17) is 5.73 Å². The maximum atomic E-state index is 5.99. The number of nitrogens with zero attached hydrogens (tertiary/aromatic N) is 3. The Bertz CT molecular complexity index is 542. The lowest BCUT2D eigenvalue weighted by Gasteiger charge is -2.07. The maximum Gasteiger partial charge on any atom is 0.166 e. The van der Waals surface area contributed by atoms with Gasteiger partial charge in [-0.3, -0.25) is 0 Å². The Labute approximate surface area is 94.1 Å². The fourth-order valence-electron chi connectivity index (χ4n) is 2.21. The summed E-state index contributed by atoms with van der Waals surface area (Å²) >= 11 is 0. The highest BCUT2D eigenvalue weighted by Gasteiger charge is 2.19. The van der Waals surface area contributed by atoms with Gasteiger partial charge in [0.15, 0.2) is 5.82 Å². The van der Waals surface area contributed by atoms with Crippen molar-refractivity contribution in [2.45, 2.75) is 26.3 Å². The summed E-state index contributed by atoms with van der Waals surface area (Å²) in [5.74, 6) is 1.99. The predicted octanol–water partition coefficient (Wildman–Crippen LogP) is 1.78. The van der Waals surface area contributed by atoms with Crippen molar-refractivity contribution in [3.8, 4) is 11.4 Å². The van der Waals surface area contributed by atoms with Crippen LogP contribution < -0.4 is 5.73 Å². The first-order chi connectivity index (χ1) is 7.75. The molecule has 1 aromatic heterocycles. The molecule has 0 spiro atoms. The van der Waals surface area contributed by atoms with E-state index in [0.717, 1.165) is 42.3 Å². The second-order valence-electron chi connectivity index (χ2n) is 4.29. The second kappa shape index (κ2) is 3.33. The van der Waals surface area contributed by atoms with Crippen LogP contribution in [0.5, 0.6) is 0 Å². The van der Waals surface area contributed by atoms with Crippen LogP contribution >= 0.6 is 0 Å². The molecule has 0 amide bonds. The van der Waals surface area contributed by atoms with Crippen molar-refractivity contribution in [3.63, 3.8) is 0 Å². The summed E-state index contributed by atoms with van der Waals surface area (Å²) in [5.41, 5.74) is 8.96. The van der Waals surface area contributed by atoms with Crippen LogP contribution in [0.3, 0.4) is 0 Å². The Morgan fingerprint density at radius 3 is 3.06 bits per heavy atom. The smallest absolute Gasteiger partial charge is 0.166 e. The van der Waals surface area contributed by atoms with Gasteiger partial charge in [0, 0.05) is 24.2 Å². The molecule has 0 saturated carbocycles. The third-order valence-electron chi connectivity index (χ3n) is 3.06. The van der Waals surface area contributed by atoms with Gasteiger partial charge in [-0.15, -0.1) is 10.2 Å². The fourth-order valence-corrected chi connectivity index (χ4v) is 2.21. The average molecular weight is 214 g/mol. The summed E-state index contributed by atoms with van der Waals surface area (Å²) in [6.07, 6.45) is 2.18. The molecule has 0 saturated heterocycles. The van der Waals surface area contributed by atoms with Crippen molar-refractivity contribution in [2.24, 2.45) is 0 Å². The van der Waals surface area contributed by atoms with Gasteiger partial charge in [-0.25, -0.2) is 0 Å². The molecule has 4 heteroatoms. The van der Waals surface area contributed by atoms with E-state index in [1.54, 1.807) is 0 Å². The Morgan fingerprint density at radius 2 is 2.19 bits per heavy atom. The minimum Gasteiger partial charge on any atom is -0.398 e. The number of nitrogens with two attached hydrogens (primary N) is 1. The van der Waals surface area contributed by atoms with E-state index < -0.39 is 0 Å². The monoisotopic (exact) mass is 214 g/mol. The van der Waals surface area contributed by atoms with Crippen molar-refractivity contribution in [3.05, 3.63) is 29.6 Å². The molecule has 3 rings (SSSR count). The summed E-state index contributed by atoms with van der Waals surface area (Å²) in [7, 11) is 0. The third kappa shape index (κ3) is 1.30. The minimum absolute atomic E-state index is 0.771. The maximum absolute atomic E-state index is 5.99. The van der Waals surface area contributed by atoms with Gasteiger partial charge in [-0.2, -0.15) is 0 Å². The molecule has 16 heavy (non-hydrogen) atoms. The molecule has 1 aromatic carbocycles. The van der Waals surface area contributed by atoms with E-state index in [9.17, 15) is 0 Å². The lowest BCUT2D eigenvalue weighted by atomic mass is 10.1. The van der Waals surface area contributed by atoms with E-state index >= 15 is 0 Å². The first-order valence-corrected chi connectivity index (χ1v) is 5.54. The molecule has 0 bridgehead atoms. The highest BCUT2D eigenvalue weighted by atomic mass is 15.3. The van der Waals surface area contributed by atoms with Gasteiger partial charge < -0.3 is 10.3 Å². The van der Waals surface area contributed by atoms with Crippen LogP contribution in [0.2, 0.25) is 0 Å². The lowest BCUT2D eigenvalue weighted by molar-refractivity contribution is 0.749. The molecular formula is C12H14N4. The zero-order chi connectivity index (χ0) is 11.1. The molecule has 2 heterocycles. The zero-order valence-electron chi connectivity index (χ0n) is 9.27. The predicted molar refractivity (Wildman–Crippen MR) is 62.9 cm³/mol. The molecule has 0 unspecified atom stereocenters. The fraction of sp³-hybridized carbons (Fsp3) is 0.333. The van der Waals surface area contributed by atoms with Crippen molar-refractivity contribution in [1.82, 2.24) is 14.8 Å². The van der Waals surface area contributed by atoms with Crippen LogP contribution in [-0.4, -0.2) is 14.8 Å². The number of aromatic nitrogens is 3. The van der Waals surface area contributed by atoms with Gasteiger partial charge in [-0.1, -0.05) is 11.6 Å². The largest absolute Gasteiger partial charge is 0.398 e. The van der Waals surface area contributed by atoms with Gasteiger partial charge in [0.1, 0.15) is 5.82 Å². The topological polar surface area (TPSA) is 56.7 Å². The second-order valence-corrected chi connectivity index (χ2v) is 4.29.